The van der Waals surface area contributed by atoms with E-state index in [1.54, 1.807) is 13.8 Å². The van der Waals surface area contributed by atoms with Crippen LogP contribution in [0.25, 0.3) is 0 Å². The highest BCUT2D eigenvalue weighted by Crippen LogP contribution is 2.22. The molecular formula is C7H12ClN3O2S. The maximum atomic E-state index is 11.3. The summed E-state index contributed by atoms with van der Waals surface area (Å²) >= 11 is 1.19. The first-order valence-corrected chi connectivity index (χ1v) is 4.61. The van der Waals surface area contributed by atoms with Crippen molar-refractivity contribution in [3.05, 3.63) is 10.6 Å². The van der Waals surface area contributed by atoms with Crippen molar-refractivity contribution in [3.63, 3.8) is 0 Å². The lowest BCUT2D eigenvalue weighted by Gasteiger charge is -1.97. The smallest absolute Gasteiger partial charge is 0.350 e. The molecule has 0 aliphatic carbocycles. The van der Waals surface area contributed by atoms with E-state index in [0.717, 1.165) is 0 Å². The average molecular weight is 238 g/mol. The Labute approximate surface area is 92.0 Å². The number of nitrogens with two attached hydrogens (primary N) is 1. The van der Waals surface area contributed by atoms with E-state index >= 15 is 0 Å². The van der Waals surface area contributed by atoms with Crippen molar-refractivity contribution in [2.24, 2.45) is 5.84 Å². The number of halogens is 1. The molecule has 0 unspecified atom stereocenters. The summed E-state index contributed by atoms with van der Waals surface area (Å²) in [6.07, 6.45) is 0. The summed E-state index contributed by atoms with van der Waals surface area (Å²) in [5, 5.41) is 0.514. The SMILES string of the molecule is CCOC(=O)c1sc(NN)nc1C.Cl. The van der Waals surface area contributed by atoms with E-state index in [0.29, 0.717) is 22.3 Å². The second-order valence-corrected chi connectivity index (χ2v) is 3.30. The van der Waals surface area contributed by atoms with Gasteiger partial charge >= 0.3 is 5.97 Å². The predicted molar refractivity (Wildman–Crippen MR) is 57.9 cm³/mol. The molecule has 80 valence electrons. The van der Waals surface area contributed by atoms with Crippen molar-refractivity contribution in [1.29, 1.82) is 0 Å². The van der Waals surface area contributed by atoms with Crippen LogP contribution in [-0.4, -0.2) is 17.6 Å². The number of nitrogen functional groups attached to an aromatic ring is 1. The summed E-state index contributed by atoms with van der Waals surface area (Å²) in [5.74, 6) is 4.80. The van der Waals surface area contributed by atoms with Crippen molar-refractivity contribution in [1.82, 2.24) is 4.98 Å². The number of carbonyl (C=O) groups is 1. The van der Waals surface area contributed by atoms with Crippen LogP contribution in [0.1, 0.15) is 22.3 Å². The van der Waals surface area contributed by atoms with E-state index in [1.165, 1.54) is 11.3 Å². The number of hydrogen-bond donors (Lipinski definition) is 2. The van der Waals surface area contributed by atoms with E-state index in [9.17, 15) is 4.79 Å². The minimum absolute atomic E-state index is 0. The normalized spacial score (nSPS) is 9.07. The second kappa shape index (κ2) is 5.79. The summed E-state index contributed by atoms with van der Waals surface area (Å²) in [6.45, 7) is 3.86. The zero-order chi connectivity index (χ0) is 9.84. The molecule has 1 rings (SSSR count). The molecule has 1 aromatic heterocycles. The fourth-order valence-electron chi connectivity index (χ4n) is 0.844. The number of hydrogen-bond acceptors (Lipinski definition) is 6. The Morgan fingerprint density at radius 3 is 2.79 bits per heavy atom. The van der Waals surface area contributed by atoms with Crippen LogP contribution in [0.15, 0.2) is 0 Å². The number of nitrogens with zero attached hydrogens (tertiary/aromatic N) is 1. The van der Waals surface area contributed by atoms with E-state index in [-0.39, 0.29) is 18.4 Å². The molecule has 0 spiro atoms. The number of hydrazine groups is 1. The molecule has 0 saturated heterocycles. The summed E-state index contributed by atoms with van der Waals surface area (Å²) < 4.78 is 4.83. The van der Waals surface area contributed by atoms with Crippen LogP contribution < -0.4 is 11.3 Å². The first-order chi connectivity index (χ1) is 6.19. The van der Waals surface area contributed by atoms with Gasteiger partial charge in [-0.2, -0.15) is 0 Å². The highest BCUT2D eigenvalue weighted by atomic mass is 35.5. The van der Waals surface area contributed by atoms with Gasteiger partial charge in [-0.25, -0.2) is 15.6 Å². The minimum atomic E-state index is -0.348. The number of aryl methyl sites for hydroxylation is 1. The van der Waals surface area contributed by atoms with E-state index in [1.807, 2.05) is 0 Å². The molecule has 0 bridgehead atoms. The lowest BCUT2D eigenvalue weighted by Crippen LogP contribution is -2.05. The third kappa shape index (κ3) is 2.83. The largest absolute Gasteiger partial charge is 0.462 e. The van der Waals surface area contributed by atoms with Gasteiger partial charge in [-0.1, -0.05) is 11.3 Å². The number of nitrogens with one attached hydrogen (secondary N) is 1. The molecule has 0 aliphatic heterocycles. The fraction of sp³-hybridized carbons (Fsp3) is 0.429. The van der Waals surface area contributed by atoms with Gasteiger partial charge in [0.1, 0.15) is 4.88 Å². The molecule has 0 fully saturated rings. The molecule has 0 aliphatic rings. The van der Waals surface area contributed by atoms with Crippen LogP contribution in [-0.2, 0) is 4.74 Å². The highest BCUT2D eigenvalue weighted by molar-refractivity contribution is 7.17. The Kier molecular flexibility index (Phi) is 5.44. The molecule has 0 amide bonds. The van der Waals surface area contributed by atoms with Gasteiger partial charge in [-0.15, -0.1) is 12.4 Å². The summed E-state index contributed by atoms with van der Waals surface area (Å²) in [6, 6.07) is 0. The van der Waals surface area contributed by atoms with Crippen molar-refractivity contribution in [2.45, 2.75) is 13.8 Å². The predicted octanol–water partition coefficient (Wildman–Crippen LogP) is 1.34. The lowest BCUT2D eigenvalue weighted by molar-refractivity contribution is 0.0531. The number of anilines is 1. The topological polar surface area (TPSA) is 77.2 Å². The molecule has 0 radical (unpaired) electrons. The molecule has 3 N–H and O–H groups in total. The monoisotopic (exact) mass is 237 g/mol. The first kappa shape index (κ1) is 13.2. The summed E-state index contributed by atoms with van der Waals surface area (Å²) in [5.41, 5.74) is 3.02. The van der Waals surface area contributed by atoms with Crippen molar-refractivity contribution in [2.75, 3.05) is 12.0 Å². The van der Waals surface area contributed by atoms with Crippen LogP contribution in [0.5, 0.6) is 0 Å². The number of esters is 1. The zero-order valence-electron chi connectivity index (χ0n) is 7.86. The highest BCUT2D eigenvalue weighted by Gasteiger charge is 2.15. The van der Waals surface area contributed by atoms with E-state index in [2.05, 4.69) is 10.4 Å². The van der Waals surface area contributed by atoms with Crippen molar-refractivity contribution < 1.29 is 9.53 Å². The Balaban J connectivity index is 0.00000169. The maximum absolute atomic E-state index is 11.3. The fourth-order valence-corrected chi connectivity index (χ4v) is 1.61. The Morgan fingerprint density at radius 2 is 2.36 bits per heavy atom. The molecule has 0 saturated carbocycles. The van der Waals surface area contributed by atoms with Gasteiger partial charge in [-0.3, -0.25) is 5.43 Å². The standard InChI is InChI=1S/C7H11N3O2S.ClH/c1-3-12-6(11)5-4(2)9-7(10-8)13-5;/h3,8H2,1-2H3,(H,9,10);1H. The molecular weight excluding hydrogens is 226 g/mol. The van der Waals surface area contributed by atoms with Crippen LogP contribution in [0.4, 0.5) is 5.13 Å². The van der Waals surface area contributed by atoms with Crippen LogP contribution in [0.3, 0.4) is 0 Å². The minimum Gasteiger partial charge on any atom is -0.462 e. The van der Waals surface area contributed by atoms with Gasteiger partial charge in [0.2, 0.25) is 0 Å². The van der Waals surface area contributed by atoms with E-state index in [4.69, 9.17) is 10.6 Å². The number of ether oxygens (including phenoxy) is 1. The zero-order valence-corrected chi connectivity index (χ0v) is 9.50. The van der Waals surface area contributed by atoms with Crippen molar-refractivity contribution >= 4 is 34.8 Å². The lowest BCUT2D eigenvalue weighted by atomic mass is 10.4. The van der Waals surface area contributed by atoms with Gasteiger partial charge in [0.05, 0.1) is 12.3 Å². The summed E-state index contributed by atoms with van der Waals surface area (Å²) in [7, 11) is 0. The molecule has 0 aromatic carbocycles. The van der Waals surface area contributed by atoms with Gasteiger partial charge in [0.15, 0.2) is 5.13 Å². The third-order valence-electron chi connectivity index (χ3n) is 1.38. The van der Waals surface area contributed by atoms with Crippen LogP contribution in [0.2, 0.25) is 0 Å². The number of thiazole rings is 1. The Morgan fingerprint density at radius 1 is 1.71 bits per heavy atom. The van der Waals surface area contributed by atoms with Crippen molar-refractivity contribution in [3.8, 4) is 0 Å². The molecule has 14 heavy (non-hydrogen) atoms. The van der Waals surface area contributed by atoms with Gasteiger partial charge < -0.3 is 4.74 Å². The quantitative estimate of drug-likeness (QED) is 0.471. The van der Waals surface area contributed by atoms with Gasteiger partial charge in [-0.05, 0) is 13.8 Å². The Bertz CT molecular complexity index is 316. The molecule has 7 heteroatoms. The molecule has 5 nitrogen and oxygen atoms in total. The number of rotatable bonds is 3. The molecule has 1 aromatic rings. The summed E-state index contributed by atoms with van der Waals surface area (Å²) in [4.78, 5) is 15.8. The van der Waals surface area contributed by atoms with Gasteiger partial charge in [0, 0.05) is 0 Å². The maximum Gasteiger partial charge on any atom is 0.350 e. The molecule has 1 heterocycles. The van der Waals surface area contributed by atoms with Crippen LogP contribution >= 0.6 is 23.7 Å². The number of carbonyl (C=O) groups excluding carboxylic acids is 1. The molecule has 0 atom stereocenters. The average Bonchev–Trinajstić information content (AvgIpc) is 2.47. The van der Waals surface area contributed by atoms with Gasteiger partial charge in [0.25, 0.3) is 0 Å². The third-order valence-corrected chi connectivity index (χ3v) is 2.45. The first-order valence-electron chi connectivity index (χ1n) is 3.80. The van der Waals surface area contributed by atoms with Crippen LogP contribution in [0, 0.1) is 6.92 Å². The van der Waals surface area contributed by atoms with E-state index < -0.39 is 0 Å². The second-order valence-electron chi connectivity index (χ2n) is 2.30. The Hall–Kier alpha value is -0.850. The number of aromatic nitrogens is 1.